The number of halogens is 1. The Kier molecular flexibility index (Phi) is 3.80. The Morgan fingerprint density at radius 1 is 1.08 bits per heavy atom. The van der Waals surface area contributed by atoms with Gasteiger partial charge < -0.3 is 0 Å². The standard InChI is InChI=1S/C19H21ClN6/c1-12-6-5-7-14(10-12)26-23-18(20)17(25(26)19(2,3)4)13-8-9-15-16(11-13)22-24-21-15/h5-11,23H,1-4H3,(H,21,22,24). The van der Waals surface area contributed by atoms with E-state index in [0.29, 0.717) is 5.16 Å². The maximum Gasteiger partial charge on any atom is 0.148 e. The van der Waals surface area contributed by atoms with Crippen LogP contribution in [0.1, 0.15) is 31.9 Å². The van der Waals surface area contributed by atoms with Crippen molar-refractivity contribution in [1.29, 1.82) is 0 Å². The molecule has 1 aliphatic rings. The van der Waals surface area contributed by atoms with Crippen molar-refractivity contribution in [2.45, 2.75) is 33.2 Å². The lowest BCUT2D eigenvalue weighted by molar-refractivity contribution is 0.204. The first-order valence-corrected chi connectivity index (χ1v) is 8.87. The lowest BCUT2D eigenvalue weighted by atomic mass is 10.0. The Bertz CT molecular complexity index is 1000. The van der Waals surface area contributed by atoms with Gasteiger partial charge in [-0.15, -0.1) is 5.10 Å². The van der Waals surface area contributed by atoms with Crippen LogP contribution in [0.2, 0.25) is 0 Å². The summed E-state index contributed by atoms with van der Waals surface area (Å²) in [6.45, 7) is 8.54. The molecule has 0 saturated carbocycles. The molecule has 0 saturated heterocycles. The number of benzene rings is 2. The van der Waals surface area contributed by atoms with E-state index in [1.54, 1.807) is 0 Å². The summed E-state index contributed by atoms with van der Waals surface area (Å²) in [4.78, 5) is 0. The van der Waals surface area contributed by atoms with Crippen molar-refractivity contribution < 1.29 is 0 Å². The molecular formula is C19H21ClN6. The maximum atomic E-state index is 6.66. The highest BCUT2D eigenvalue weighted by Gasteiger charge is 2.38. The molecule has 0 fully saturated rings. The number of hydrogen-bond acceptors (Lipinski definition) is 5. The number of aromatic nitrogens is 3. The van der Waals surface area contributed by atoms with Crippen LogP contribution in [0.3, 0.4) is 0 Å². The predicted octanol–water partition coefficient (Wildman–Crippen LogP) is 4.17. The maximum absolute atomic E-state index is 6.66. The molecule has 134 valence electrons. The Morgan fingerprint density at radius 3 is 2.62 bits per heavy atom. The first-order chi connectivity index (χ1) is 12.3. The molecule has 0 spiro atoms. The van der Waals surface area contributed by atoms with Crippen molar-refractivity contribution in [3.05, 3.63) is 58.7 Å². The summed E-state index contributed by atoms with van der Waals surface area (Å²) < 4.78 is 0. The third kappa shape index (κ3) is 2.76. The minimum atomic E-state index is -0.207. The summed E-state index contributed by atoms with van der Waals surface area (Å²) in [6, 6.07) is 14.3. The van der Waals surface area contributed by atoms with Crippen LogP contribution in [-0.2, 0) is 0 Å². The molecule has 0 aliphatic carbocycles. The van der Waals surface area contributed by atoms with E-state index in [1.807, 2.05) is 29.4 Å². The number of aryl methyl sites for hydroxylation is 1. The first kappa shape index (κ1) is 16.7. The van der Waals surface area contributed by atoms with E-state index in [4.69, 9.17) is 11.6 Å². The largest absolute Gasteiger partial charge is 0.266 e. The predicted molar refractivity (Wildman–Crippen MR) is 105 cm³/mol. The highest BCUT2D eigenvalue weighted by molar-refractivity contribution is 6.32. The smallest absolute Gasteiger partial charge is 0.148 e. The van der Waals surface area contributed by atoms with Crippen LogP contribution in [0.25, 0.3) is 16.7 Å². The zero-order chi connectivity index (χ0) is 18.5. The van der Waals surface area contributed by atoms with Crippen LogP contribution >= 0.6 is 11.6 Å². The van der Waals surface area contributed by atoms with E-state index < -0.39 is 0 Å². The lowest BCUT2D eigenvalue weighted by Gasteiger charge is -2.42. The topological polar surface area (TPSA) is 60.1 Å². The number of nitrogens with one attached hydrogen (secondary N) is 2. The summed E-state index contributed by atoms with van der Waals surface area (Å²) in [5.41, 5.74) is 8.90. The Hall–Kier alpha value is -2.73. The van der Waals surface area contributed by atoms with Crippen molar-refractivity contribution >= 4 is 34.0 Å². The fourth-order valence-corrected chi connectivity index (χ4v) is 3.47. The van der Waals surface area contributed by atoms with Gasteiger partial charge in [-0.3, -0.25) is 15.5 Å². The third-order valence-electron chi connectivity index (χ3n) is 4.30. The molecule has 0 radical (unpaired) electrons. The number of fused-ring (bicyclic) bond motifs is 1. The number of rotatable bonds is 2. The van der Waals surface area contributed by atoms with Gasteiger partial charge in [0.15, 0.2) is 0 Å². The van der Waals surface area contributed by atoms with Crippen LogP contribution in [0.15, 0.2) is 47.6 Å². The van der Waals surface area contributed by atoms with Gasteiger partial charge in [-0.25, -0.2) is 0 Å². The number of nitrogens with zero attached hydrogens (tertiary/aromatic N) is 4. The van der Waals surface area contributed by atoms with Crippen LogP contribution in [-0.4, -0.2) is 26.0 Å². The zero-order valence-electron chi connectivity index (χ0n) is 15.2. The zero-order valence-corrected chi connectivity index (χ0v) is 16.0. The van der Waals surface area contributed by atoms with Gasteiger partial charge in [-0.1, -0.05) is 35.0 Å². The quantitative estimate of drug-likeness (QED) is 0.665. The Labute approximate surface area is 157 Å². The monoisotopic (exact) mass is 368 g/mol. The van der Waals surface area contributed by atoms with Gasteiger partial charge in [0.1, 0.15) is 16.4 Å². The van der Waals surface area contributed by atoms with Gasteiger partial charge in [-0.2, -0.15) is 5.12 Å². The van der Waals surface area contributed by atoms with Gasteiger partial charge in [0.25, 0.3) is 0 Å². The summed E-state index contributed by atoms with van der Waals surface area (Å²) in [5.74, 6) is 0. The molecule has 0 unspecified atom stereocenters. The molecule has 0 amide bonds. The van der Waals surface area contributed by atoms with Crippen molar-refractivity contribution in [3.63, 3.8) is 0 Å². The Balaban J connectivity index is 1.83. The van der Waals surface area contributed by atoms with Crippen LogP contribution in [0, 0.1) is 6.92 Å². The van der Waals surface area contributed by atoms with Crippen molar-refractivity contribution in [3.8, 4) is 0 Å². The van der Waals surface area contributed by atoms with Crippen LogP contribution < -0.4 is 10.5 Å². The minimum Gasteiger partial charge on any atom is -0.266 e. The second-order valence-corrected chi connectivity index (χ2v) is 7.83. The molecule has 6 nitrogen and oxygen atoms in total. The molecule has 0 atom stereocenters. The number of aromatic amines is 1. The van der Waals surface area contributed by atoms with E-state index in [1.165, 1.54) is 5.56 Å². The van der Waals surface area contributed by atoms with Crippen LogP contribution in [0.4, 0.5) is 5.69 Å². The van der Waals surface area contributed by atoms with Crippen molar-refractivity contribution in [2.75, 3.05) is 5.12 Å². The highest BCUT2D eigenvalue weighted by Crippen LogP contribution is 2.39. The summed E-state index contributed by atoms with van der Waals surface area (Å²) in [7, 11) is 0. The molecule has 2 N–H and O–H groups in total. The summed E-state index contributed by atoms with van der Waals surface area (Å²) in [5, 5.41) is 15.6. The first-order valence-electron chi connectivity index (χ1n) is 8.49. The van der Waals surface area contributed by atoms with Gasteiger partial charge in [-0.05, 0) is 57.5 Å². The molecule has 26 heavy (non-hydrogen) atoms. The average molecular weight is 369 g/mol. The van der Waals surface area contributed by atoms with E-state index in [2.05, 4.69) is 71.7 Å². The molecule has 1 aromatic heterocycles. The summed E-state index contributed by atoms with van der Waals surface area (Å²) >= 11 is 6.66. The average Bonchev–Trinajstić information content (AvgIpc) is 3.17. The second kappa shape index (κ2) is 5.92. The third-order valence-corrected chi connectivity index (χ3v) is 4.57. The SMILES string of the molecule is Cc1cccc(N2NC(Cl)=C(c3ccc4[nH]nnc4c3)N2C(C)(C)C)c1. The van der Waals surface area contributed by atoms with Crippen molar-refractivity contribution in [2.24, 2.45) is 0 Å². The lowest BCUT2D eigenvalue weighted by Crippen LogP contribution is -2.52. The van der Waals surface area contributed by atoms with Gasteiger partial charge in [0.2, 0.25) is 0 Å². The van der Waals surface area contributed by atoms with Gasteiger partial charge >= 0.3 is 0 Å². The van der Waals surface area contributed by atoms with E-state index in [0.717, 1.165) is 28.0 Å². The molecule has 7 heteroatoms. The van der Waals surface area contributed by atoms with E-state index in [9.17, 15) is 0 Å². The number of hydrazine groups is 2. The fraction of sp³-hybridized carbons (Fsp3) is 0.263. The molecule has 1 aliphatic heterocycles. The minimum absolute atomic E-state index is 0.207. The van der Waals surface area contributed by atoms with Gasteiger partial charge in [0.05, 0.1) is 16.7 Å². The molecular weight excluding hydrogens is 348 g/mol. The normalized spacial score (nSPS) is 15.1. The summed E-state index contributed by atoms with van der Waals surface area (Å²) in [6.07, 6.45) is 0. The van der Waals surface area contributed by atoms with Crippen LogP contribution in [0.5, 0.6) is 0 Å². The molecule has 4 rings (SSSR count). The Morgan fingerprint density at radius 2 is 1.88 bits per heavy atom. The molecule has 3 aromatic rings. The fourth-order valence-electron chi connectivity index (χ4n) is 3.20. The van der Waals surface area contributed by atoms with Gasteiger partial charge in [0, 0.05) is 5.56 Å². The highest BCUT2D eigenvalue weighted by atomic mass is 35.5. The van der Waals surface area contributed by atoms with Crippen molar-refractivity contribution in [1.82, 2.24) is 25.8 Å². The number of H-pyrrole nitrogens is 1. The molecule has 0 bridgehead atoms. The number of hydrogen-bond donors (Lipinski definition) is 2. The number of anilines is 1. The molecule has 2 aromatic carbocycles. The van der Waals surface area contributed by atoms with E-state index >= 15 is 0 Å². The van der Waals surface area contributed by atoms with E-state index in [-0.39, 0.29) is 5.54 Å². The molecule has 2 heterocycles. The second-order valence-electron chi connectivity index (χ2n) is 7.45.